The SMILES string of the molecule is COc1ccc(/C2=C/C(=O)NC(=S)CCC2CC(O)CO)c(OC)c1. The minimum absolute atomic E-state index is 0.145. The van der Waals surface area contributed by atoms with Crippen LogP contribution in [0.15, 0.2) is 24.3 Å². The fourth-order valence-electron chi connectivity index (χ4n) is 2.94. The van der Waals surface area contributed by atoms with E-state index in [0.717, 1.165) is 11.1 Å². The molecule has 0 radical (unpaired) electrons. The van der Waals surface area contributed by atoms with Crippen molar-refractivity contribution < 1.29 is 24.5 Å². The molecule has 25 heavy (non-hydrogen) atoms. The summed E-state index contributed by atoms with van der Waals surface area (Å²) in [5, 5.41) is 21.8. The molecule has 2 unspecified atom stereocenters. The number of hydrogen-bond acceptors (Lipinski definition) is 6. The maximum Gasteiger partial charge on any atom is 0.249 e. The Kier molecular flexibility index (Phi) is 6.92. The lowest BCUT2D eigenvalue weighted by atomic mass is 9.83. The molecule has 0 bridgehead atoms. The highest BCUT2D eigenvalue weighted by atomic mass is 32.1. The third kappa shape index (κ3) is 5.01. The van der Waals surface area contributed by atoms with Gasteiger partial charge in [-0.3, -0.25) is 4.79 Å². The van der Waals surface area contributed by atoms with Crippen LogP contribution in [-0.4, -0.2) is 48.0 Å². The number of nitrogens with one attached hydrogen (secondary N) is 1. The first-order valence-electron chi connectivity index (χ1n) is 8.05. The molecule has 2 atom stereocenters. The van der Waals surface area contributed by atoms with Crippen LogP contribution in [0.2, 0.25) is 0 Å². The van der Waals surface area contributed by atoms with Crippen LogP contribution in [0.5, 0.6) is 11.5 Å². The average molecular weight is 365 g/mol. The molecular weight excluding hydrogens is 342 g/mol. The van der Waals surface area contributed by atoms with Crippen molar-refractivity contribution in [3.8, 4) is 11.5 Å². The van der Waals surface area contributed by atoms with E-state index in [1.165, 1.54) is 6.08 Å². The molecule has 2 rings (SSSR count). The van der Waals surface area contributed by atoms with Gasteiger partial charge in [0.15, 0.2) is 0 Å². The number of thiocarbonyl (C=S) groups is 1. The van der Waals surface area contributed by atoms with Crippen LogP contribution in [0, 0.1) is 5.92 Å². The lowest BCUT2D eigenvalue weighted by Crippen LogP contribution is -2.31. The summed E-state index contributed by atoms with van der Waals surface area (Å²) in [6.07, 6.45) is 2.13. The van der Waals surface area contributed by atoms with Crippen LogP contribution in [0.1, 0.15) is 24.8 Å². The Morgan fingerprint density at radius 2 is 2.12 bits per heavy atom. The first-order valence-corrected chi connectivity index (χ1v) is 8.46. The van der Waals surface area contributed by atoms with E-state index in [1.54, 1.807) is 26.4 Å². The number of hydrogen-bond donors (Lipinski definition) is 3. The number of amides is 1. The van der Waals surface area contributed by atoms with E-state index in [2.05, 4.69) is 5.32 Å². The van der Waals surface area contributed by atoms with Crippen molar-refractivity contribution in [2.24, 2.45) is 5.92 Å². The lowest BCUT2D eigenvalue weighted by molar-refractivity contribution is -0.115. The van der Waals surface area contributed by atoms with Gasteiger partial charge in [-0.2, -0.15) is 0 Å². The predicted octanol–water partition coefficient (Wildman–Crippen LogP) is 1.68. The number of carbonyl (C=O) groups is 1. The molecule has 0 aromatic heterocycles. The number of benzene rings is 1. The molecule has 1 amide bonds. The number of methoxy groups -OCH3 is 2. The zero-order valence-corrected chi connectivity index (χ0v) is 15.1. The van der Waals surface area contributed by atoms with Gasteiger partial charge in [0.25, 0.3) is 0 Å². The van der Waals surface area contributed by atoms with Crippen LogP contribution in [0.4, 0.5) is 0 Å². The Hall–Kier alpha value is -1.96. The summed E-state index contributed by atoms with van der Waals surface area (Å²) >= 11 is 5.15. The third-order valence-corrected chi connectivity index (χ3v) is 4.50. The fraction of sp³-hybridized carbons (Fsp3) is 0.444. The molecule has 0 saturated carbocycles. The highest BCUT2D eigenvalue weighted by Crippen LogP contribution is 2.38. The van der Waals surface area contributed by atoms with Gasteiger partial charge in [-0.25, -0.2) is 0 Å². The van der Waals surface area contributed by atoms with E-state index in [1.807, 2.05) is 6.07 Å². The second-order valence-corrected chi connectivity index (χ2v) is 6.38. The lowest BCUT2D eigenvalue weighted by Gasteiger charge is -2.26. The Bertz CT molecular complexity index is 673. The van der Waals surface area contributed by atoms with Gasteiger partial charge in [-0.1, -0.05) is 12.2 Å². The van der Waals surface area contributed by atoms with Gasteiger partial charge in [-0.05, 0) is 42.9 Å². The van der Waals surface area contributed by atoms with Crippen LogP contribution in [0.25, 0.3) is 5.57 Å². The van der Waals surface area contributed by atoms with Gasteiger partial charge in [0.1, 0.15) is 11.5 Å². The summed E-state index contributed by atoms with van der Waals surface area (Å²) in [6.45, 7) is -0.333. The molecule has 1 aromatic carbocycles. The van der Waals surface area contributed by atoms with E-state index in [-0.39, 0.29) is 18.4 Å². The van der Waals surface area contributed by atoms with E-state index in [0.29, 0.717) is 35.7 Å². The highest BCUT2D eigenvalue weighted by molar-refractivity contribution is 7.80. The number of carbonyl (C=O) groups excluding carboxylic acids is 1. The second kappa shape index (κ2) is 8.94. The molecule has 0 spiro atoms. The Labute approximate surface area is 152 Å². The summed E-state index contributed by atoms with van der Waals surface area (Å²) in [6, 6.07) is 5.37. The van der Waals surface area contributed by atoms with Crippen molar-refractivity contribution in [1.29, 1.82) is 0 Å². The standard InChI is InChI=1S/C18H23NO5S/c1-23-13-4-5-14(16(8-13)24-2)15-9-17(22)19-18(25)6-3-11(15)7-12(21)10-20/h4-5,8-9,11-12,20-21H,3,6-7,10H2,1-2H3,(H,19,22,25)/b15-9+. The van der Waals surface area contributed by atoms with Gasteiger partial charge < -0.3 is 25.0 Å². The molecule has 1 aliphatic rings. The summed E-state index contributed by atoms with van der Waals surface area (Å²) in [7, 11) is 3.12. The van der Waals surface area contributed by atoms with Crippen molar-refractivity contribution in [1.82, 2.24) is 5.32 Å². The van der Waals surface area contributed by atoms with Gasteiger partial charge in [0, 0.05) is 17.7 Å². The van der Waals surface area contributed by atoms with Crippen molar-refractivity contribution >= 4 is 28.7 Å². The van der Waals surface area contributed by atoms with E-state index >= 15 is 0 Å². The zero-order chi connectivity index (χ0) is 18.4. The first kappa shape index (κ1) is 19.4. The van der Waals surface area contributed by atoms with Crippen molar-refractivity contribution in [3.05, 3.63) is 29.8 Å². The third-order valence-electron chi connectivity index (χ3n) is 4.20. The molecule has 6 nitrogen and oxygen atoms in total. The Morgan fingerprint density at radius 1 is 1.36 bits per heavy atom. The van der Waals surface area contributed by atoms with Crippen molar-refractivity contribution in [3.63, 3.8) is 0 Å². The Balaban J connectivity index is 2.49. The monoisotopic (exact) mass is 365 g/mol. The number of aliphatic hydroxyl groups excluding tert-OH is 2. The molecule has 1 aromatic rings. The zero-order valence-electron chi connectivity index (χ0n) is 14.3. The smallest absolute Gasteiger partial charge is 0.249 e. The van der Waals surface area contributed by atoms with E-state index in [9.17, 15) is 15.0 Å². The highest BCUT2D eigenvalue weighted by Gasteiger charge is 2.25. The molecule has 1 aliphatic heterocycles. The summed E-state index contributed by atoms with van der Waals surface area (Å²) in [4.78, 5) is 12.7. The van der Waals surface area contributed by atoms with E-state index in [4.69, 9.17) is 21.7 Å². The summed E-state index contributed by atoms with van der Waals surface area (Å²) < 4.78 is 10.7. The molecule has 3 N–H and O–H groups in total. The van der Waals surface area contributed by atoms with Gasteiger partial charge in [0.05, 0.1) is 31.9 Å². The minimum atomic E-state index is -0.867. The normalized spacial score (nSPS) is 21.4. The molecule has 0 aliphatic carbocycles. The second-order valence-electron chi connectivity index (χ2n) is 5.89. The first-order chi connectivity index (χ1) is 12.0. The number of ether oxygens (including phenoxy) is 2. The van der Waals surface area contributed by atoms with E-state index < -0.39 is 6.10 Å². The molecule has 7 heteroatoms. The molecule has 0 saturated heterocycles. The maximum atomic E-state index is 12.2. The molecule has 0 fully saturated rings. The van der Waals surface area contributed by atoms with Crippen LogP contribution in [0.3, 0.4) is 0 Å². The van der Waals surface area contributed by atoms with Crippen LogP contribution < -0.4 is 14.8 Å². The summed E-state index contributed by atoms with van der Waals surface area (Å²) in [5.74, 6) is 0.768. The Morgan fingerprint density at radius 3 is 2.76 bits per heavy atom. The number of rotatable bonds is 6. The minimum Gasteiger partial charge on any atom is -0.497 e. The maximum absolute atomic E-state index is 12.2. The van der Waals surface area contributed by atoms with Crippen LogP contribution in [-0.2, 0) is 4.79 Å². The fourth-order valence-corrected chi connectivity index (χ4v) is 3.16. The average Bonchev–Trinajstić information content (AvgIpc) is 2.61. The quantitative estimate of drug-likeness (QED) is 0.665. The molecule has 136 valence electrons. The topological polar surface area (TPSA) is 88.0 Å². The summed E-state index contributed by atoms with van der Waals surface area (Å²) in [5.41, 5.74) is 1.49. The molecular formula is C18H23NO5S. The van der Waals surface area contributed by atoms with Gasteiger partial charge in [0.2, 0.25) is 5.91 Å². The number of aliphatic hydroxyl groups is 2. The van der Waals surface area contributed by atoms with Crippen molar-refractivity contribution in [2.75, 3.05) is 20.8 Å². The van der Waals surface area contributed by atoms with Gasteiger partial charge in [-0.15, -0.1) is 0 Å². The van der Waals surface area contributed by atoms with Crippen LogP contribution >= 0.6 is 12.2 Å². The molecule has 1 heterocycles. The predicted molar refractivity (Wildman–Crippen MR) is 98.7 cm³/mol. The number of allylic oxidation sites excluding steroid dienone is 1. The van der Waals surface area contributed by atoms with Crippen molar-refractivity contribution in [2.45, 2.75) is 25.4 Å². The van der Waals surface area contributed by atoms with Gasteiger partial charge >= 0.3 is 0 Å². The largest absolute Gasteiger partial charge is 0.497 e.